The third-order valence-electron chi connectivity index (χ3n) is 7.76. The number of hydrogen-bond donors (Lipinski definition) is 1. The third-order valence-corrected chi connectivity index (χ3v) is 9.67. The van der Waals surface area contributed by atoms with Gasteiger partial charge in [-0.1, -0.05) is 48.5 Å². The summed E-state index contributed by atoms with van der Waals surface area (Å²) in [7, 11) is -3.47. The molecule has 33 heavy (non-hydrogen) atoms. The van der Waals surface area contributed by atoms with Crippen LogP contribution >= 0.6 is 0 Å². The topological polar surface area (TPSA) is 76.4 Å². The zero-order chi connectivity index (χ0) is 22.9. The molecule has 0 aromatic heterocycles. The minimum absolute atomic E-state index is 0.194. The van der Waals surface area contributed by atoms with E-state index in [0.29, 0.717) is 55.1 Å². The van der Waals surface area contributed by atoms with E-state index in [-0.39, 0.29) is 5.54 Å². The van der Waals surface area contributed by atoms with Crippen molar-refractivity contribution in [3.8, 4) is 6.07 Å². The number of nitrogens with one attached hydrogen (secondary N) is 1. The van der Waals surface area contributed by atoms with Crippen molar-refractivity contribution >= 4 is 10.0 Å². The molecular weight excluding hydrogens is 432 g/mol. The molecule has 5 rings (SSSR count). The van der Waals surface area contributed by atoms with Gasteiger partial charge in [-0.05, 0) is 42.9 Å². The normalized spacial score (nSPS) is 25.8. The Kier molecular flexibility index (Phi) is 6.28. The fraction of sp³-hybridized carbons (Fsp3) is 0.500. The van der Waals surface area contributed by atoms with Gasteiger partial charge in [-0.2, -0.15) is 9.57 Å². The molecule has 0 bridgehead atoms. The van der Waals surface area contributed by atoms with Crippen molar-refractivity contribution in [2.24, 2.45) is 5.92 Å². The summed E-state index contributed by atoms with van der Waals surface area (Å²) in [4.78, 5) is 2.79. The number of likely N-dealkylation sites (tertiary alicyclic amines) is 1. The van der Waals surface area contributed by atoms with E-state index in [0.717, 1.165) is 19.6 Å². The van der Waals surface area contributed by atoms with Gasteiger partial charge in [0.1, 0.15) is 0 Å². The van der Waals surface area contributed by atoms with Crippen LogP contribution < -0.4 is 5.32 Å². The van der Waals surface area contributed by atoms with Crippen LogP contribution in [0.4, 0.5) is 0 Å². The first-order chi connectivity index (χ1) is 16.0. The van der Waals surface area contributed by atoms with E-state index in [9.17, 15) is 13.7 Å². The van der Waals surface area contributed by atoms with Gasteiger partial charge >= 0.3 is 0 Å². The summed E-state index contributed by atoms with van der Waals surface area (Å²) in [6.07, 6.45) is 3.10. The van der Waals surface area contributed by atoms with E-state index in [1.165, 1.54) is 12.0 Å². The lowest BCUT2D eigenvalue weighted by atomic mass is 9.79. The summed E-state index contributed by atoms with van der Waals surface area (Å²) in [5, 5.41) is 13.3. The van der Waals surface area contributed by atoms with Gasteiger partial charge in [-0.25, -0.2) is 8.42 Å². The number of benzene rings is 2. The van der Waals surface area contributed by atoms with Crippen LogP contribution in [0.3, 0.4) is 0 Å². The molecule has 0 amide bonds. The maximum atomic E-state index is 13.0. The number of rotatable bonds is 8. The first-order valence-electron chi connectivity index (χ1n) is 12.0. The van der Waals surface area contributed by atoms with Crippen molar-refractivity contribution in [1.29, 1.82) is 5.26 Å². The SMILES string of the molecule is N#CCC1(N2CC(CNC3CC3c3ccccc3)C2)CCN(S(=O)(=O)c2ccccc2)CC1. The van der Waals surface area contributed by atoms with Gasteiger partial charge in [-0.15, -0.1) is 0 Å². The van der Waals surface area contributed by atoms with Crippen LogP contribution in [0.5, 0.6) is 0 Å². The first-order valence-corrected chi connectivity index (χ1v) is 13.4. The van der Waals surface area contributed by atoms with Gasteiger partial charge in [0.15, 0.2) is 0 Å². The van der Waals surface area contributed by atoms with Crippen LogP contribution in [0.2, 0.25) is 0 Å². The van der Waals surface area contributed by atoms with Crippen molar-refractivity contribution in [1.82, 2.24) is 14.5 Å². The predicted octanol–water partition coefficient (Wildman–Crippen LogP) is 3.20. The molecule has 2 heterocycles. The van der Waals surface area contributed by atoms with Gasteiger partial charge in [0, 0.05) is 50.2 Å². The van der Waals surface area contributed by atoms with E-state index in [2.05, 4.69) is 46.6 Å². The van der Waals surface area contributed by atoms with Gasteiger partial charge in [0.05, 0.1) is 17.4 Å². The average Bonchev–Trinajstić information content (AvgIpc) is 3.59. The molecule has 1 saturated carbocycles. The molecule has 2 aromatic carbocycles. The summed E-state index contributed by atoms with van der Waals surface area (Å²) in [6, 6.07) is 22.3. The Bertz CT molecular complexity index is 1090. The Morgan fingerprint density at radius 3 is 2.27 bits per heavy atom. The van der Waals surface area contributed by atoms with E-state index in [1.54, 1.807) is 28.6 Å². The lowest BCUT2D eigenvalue weighted by Crippen LogP contribution is -2.64. The van der Waals surface area contributed by atoms with Crippen LogP contribution in [0.25, 0.3) is 0 Å². The molecular formula is C26H32N4O2S. The van der Waals surface area contributed by atoms with E-state index < -0.39 is 10.0 Å². The highest BCUT2D eigenvalue weighted by atomic mass is 32.2. The highest BCUT2D eigenvalue weighted by molar-refractivity contribution is 7.89. The molecule has 2 saturated heterocycles. The summed E-state index contributed by atoms with van der Waals surface area (Å²) in [5.74, 6) is 1.24. The number of hydrogen-bond acceptors (Lipinski definition) is 5. The minimum atomic E-state index is -3.47. The zero-order valence-electron chi connectivity index (χ0n) is 18.9. The molecule has 2 unspecified atom stereocenters. The number of nitriles is 1. The molecule has 174 valence electrons. The van der Waals surface area contributed by atoms with Crippen LogP contribution in [-0.2, 0) is 10.0 Å². The van der Waals surface area contributed by atoms with Gasteiger partial charge in [0.2, 0.25) is 10.0 Å². The predicted molar refractivity (Wildman–Crippen MR) is 128 cm³/mol. The molecule has 2 aliphatic heterocycles. The van der Waals surface area contributed by atoms with E-state index in [4.69, 9.17) is 0 Å². The van der Waals surface area contributed by atoms with Gasteiger partial charge < -0.3 is 5.32 Å². The molecule has 3 aliphatic rings. The first kappa shape index (κ1) is 22.5. The summed E-state index contributed by atoms with van der Waals surface area (Å²) in [6.45, 7) is 3.94. The van der Waals surface area contributed by atoms with Gasteiger partial charge in [-0.3, -0.25) is 4.90 Å². The van der Waals surface area contributed by atoms with Crippen LogP contribution in [-0.4, -0.2) is 61.9 Å². The van der Waals surface area contributed by atoms with Crippen molar-refractivity contribution in [3.05, 3.63) is 66.2 Å². The molecule has 7 heteroatoms. The quantitative estimate of drug-likeness (QED) is 0.649. The molecule has 2 aromatic rings. The number of nitrogens with zero attached hydrogens (tertiary/aromatic N) is 3. The Hall–Kier alpha value is -2.24. The Labute approximate surface area is 197 Å². The second-order valence-electron chi connectivity index (χ2n) is 9.81. The number of sulfonamides is 1. The average molecular weight is 465 g/mol. The second kappa shape index (κ2) is 9.19. The van der Waals surface area contributed by atoms with Crippen LogP contribution in [0.1, 0.15) is 37.2 Å². The summed E-state index contributed by atoms with van der Waals surface area (Å²) < 4.78 is 27.6. The highest BCUT2D eigenvalue weighted by Crippen LogP contribution is 2.42. The Morgan fingerprint density at radius 1 is 1.00 bits per heavy atom. The van der Waals surface area contributed by atoms with Gasteiger partial charge in [0.25, 0.3) is 0 Å². The van der Waals surface area contributed by atoms with E-state index >= 15 is 0 Å². The second-order valence-corrected chi connectivity index (χ2v) is 11.8. The maximum absolute atomic E-state index is 13.0. The number of piperidine rings is 1. The molecule has 0 radical (unpaired) electrons. The molecule has 1 aliphatic carbocycles. The smallest absolute Gasteiger partial charge is 0.243 e. The Morgan fingerprint density at radius 2 is 1.64 bits per heavy atom. The molecule has 0 spiro atoms. The zero-order valence-corrected chi connectivity index (χ0v) is 19.8. The standard InChI is InChI=1S/C26H32N4O2S/c27-14-11-26(12-15-30(16-13-26)33(31,32)23-9-5-2-6-10-23)29-19-21(20-29)18-28-25-17-24(25)22-7-3-1-4-8-22/h1-10,21,24-25,28H,11-13,15-20H2. The van der Waals surface area contributed by atoms with Crippen molar-refractivity contribution in [2.45, 2.75) is 48.1 Å². The van der Waals surface area contributed by atoms with Crippen molar-refractivity contribution < 1.29 is 8.42 Å². The monoisotopic (exact) mass is 464 g/mol. The van der Waals surface area contributed by atoms with Crippen molar-refractivity contribution in [2.75, 3.05) is 32.7 Å². The molecule has 2 atom stereocenters. The highest BCUT2D eigenvalue weighted by Gasteiger charge is 2.47. The van der Waals surface area contributed by atoms with Crippen LogP contribution in [0, 0.1) is 17.2 Å². The Balaban J connectivity index is 1.12. The molecule has 6 nitrogen and oxygen atoms in total. The molecule has 3 fully saturated rings. The maximum Gasteiger partial charge on any atom is 0.243 e. The molecule has 1 N–H and O–H groups in total. The van der Waals surface area contributed by atoms with E-state index in [1.807, 2.05) is 6.07 Å². The third kappa shape index (κ3) is 4.58. The summed E-state index contributed by atoms with van der Waals surface area (Å²) >= 11 is 0. The lowest BCUT2D eigenvalue weighted by Gasteiger charge is -2.54. The van der Waals surface area contributed by atoms with Crippen LogP contribution in [0.15, 0.2) is 65.6 Å². The van der Waals surface area contributed by atoms with Crippen molar-refractivity contribution in [3.63, 3.8) is 0 Å². The minimum Gasteiger partial charge on any atom is -0.313 e. The lowest BCUT2D eigenvalue weighted by molar-refractivity contribution is -0.0394. The fourth-order valence-electron chi connectivity index (χ4n) is 5.53. The summed E-state index contributed by atoms with van der Waals surface area (Å²) in [5.41, 5.74) is 1.23. The fourth-order valence-corrected chi connectivity index (χ4v) is 6.99. The largest absolute Gasteiger partial charge is 0.313 e.